The van der Waals surface area contributed by atoms with Gasteiger partial charge in [-0.3, -0.25) is 0 Å². The third-order valence-electron chi connectivity index (χ3n) is 9.60. The number of hydrogen-bond acceptors (Lipinski definition) is 3. The van der Waals surface area contributed by atoms with Crippen LogP contribution in [0.3, 0.4) is 0 Å². The van der Waals surface area contributed by atoms with Gasteiger partial charge < -0.3 is 14.7 Å². The number of aromatic nitrogens is 4. The second-order valence-electron chi connectivity index (χ2n) is 13.8. The molecule has 0 spiro atoms. The van der Waals surface area contributed by atoms with E-state index in [-0.39, 0.29) is 0 Å². The zero-order valence-corrected chi connectivity index (χ0v) is 29.5. The van der Waals surface area contributed by atoms with Gasteiger partial charge in [0.2, 0.25) is 0 Å². The normalized spacial score (nSPS) is 12.4. The van der Waals surface area contributed by atoms with Crippen molar-refractivity contribution in [3.8, 4) is 5.75 Å². The lowest BCUT2D eigenvalue weighted by Crippen LogP contribution is -1.97. The summed E-state index contributed by atoms with van der Waals surface area (Å²) in [6, 6.07) is 25.2. The molecule has 8 bridgehead atoms. The van der Waals surface area contributed by atoms with E-state index in [1.807, 2.05) is 12.2 Å². The number of nitrogens with zero attached hydrogens (tertiary/aromatic N) is 2. The average Bonchev–Trinajstić information content (AvgIpc) is 3.93. The van der Waals surface area contributed by atoms with Crippen LogP contribution >= 0.6 is 0 Å². The van der Waals surface area contributed by atoms with Crippen LogP contribution < -0.4 is 4.74 Å². The predicted molar refractivity (Wildman–Crippen MR) is 208 cm³/mol. The van der Waals surface area contributed by atoms with Crippen molar-refractivity contribution in [3.63, 3.8) is 0 Å². The van der Waals surface area contributed by atoms with Crippen molar-refractivity contribution in [3.05, 3.63) is 101 Å². The number of fused-ring (bicyclic) bond motifs is 8. The van der Waals surface area contributed by atoms with Crippen molar-refractivity contribution in [2.45, 2.75) is 110 Å². The van der Waals surface area contributed by atoms with E-state index in [0.717, 1.165) is 74.8 Å². The molecule has 2 N–H and O–H groups in total. The van der Waals surface area contributed by atoms with Gasteiger partial charge in [0.05, 0.1) is 29.4 Å². The van der Waals surface area contributed by atoms with E-state index in [1.165, 1.54) is 96.3 Å². The number of hydrogen-bond donors (Lipinski definition) is 2. The van der Waals surface area contributed by atoms with Gasteiger partial charge in [0.25, 0.3) is 0 Å². The largest absolute Gasteiger partial charge is 0.494 e. The molecule has 2 aliphatic rings. The first-order chi connectivity index (χ1) is 24.2. The van der Waals surface area contributed by atoms with Gasteiger partial charge in [-0.15, -0.1) is 0 Å². The van der Waals surface area contributed by atoms with E-state index in [2.05, 4.69) is 95.8 Å². The molecule has 2 aliphatic heterocycles. The van der Waals surface area contributed by atoms with Crippen LogP contribution in [-0.2, 0) is 0 Å². The molecule has 0 saturated heterocycles. The Morgan fingerprint density at radius 1 is 0.490 bits per heavy atom. The zero-order valence-electron chi connectivity index (χ0n) is 29.5. The monoisotopic (exact) mass is 654 g/mol. The van der Waals surface area contributed by atoms with Gasteiger partial charge in [0.1, 0.15) is 5.75 Å². The molecule has 5 nitrogen and oxygen atoms in total. The van der Waals surface area contributed by atoms with Crippen molar-refractivity contribution in [1.29, 1.82) is 0 Å². The van der Waals surface area contributed by atoms with Gasteiger partial charge in [0, 0.05) is 27.6 Å². The molecule has 0 unspecified atom stereocenters. The molecule has 3 aromatic heterocycles. The Bertz CT molecular complexity index is 1840. The second-order valence-corrected chi connectivity index (χ2v) is 13.8. The lowest BCUT2D eigenvalue weighted by Gasteiger charge is -2.08. The van der Waals surface area contributed by atoms with Gasteiger partial charge in [-0.25, -0.2) is 9.97 Å². The molecule has 0 saturated carbocycles. The maximum Gasteiger partial charge on any atom is 0.119 e. The molecule has 5 heteroatoms. The molecule has 4 aromatic rings. The summed E-state index contributed by atoms with van der Waals surface area (Å²) < 4.78 is 6.13. The highest BCUT2D eigenvalue weighted by atomic mass is 16.5. The van der Waals surface area contributed by atoms with E-state index in [9.17, 15) is 0 Å². The molecule has 0 fully saturated rings. The Morgan fingerprint density at radius 2 is 0.959 bits per heavy atom. The Hall–Kier alpha value is -4.38. The van der Waals surface area contributed by atoms with Crippen molar-refractivity contribution < 1.29 is 4.74 Å². The maximum atomic E-state index is 6.13. The van der Waals surface area contributed by atoms with Crippen molar-refractivity contribution in [2.75, 3.05) is 6.61 Å². The smallest absolute Gasteiger partial charge is 0.119 e. The van der Waals surface area contributed by atoms with Crippen molar-refractivity contribution in [1.82, 2.24) is 19.9 Å². The van der Waals surface area contributed by atoms with Gasteiger partial charge in [-0.1, -0.05) is 115 Å². The van der Waals surface area contributed by atoms with Crippen molar-refractivity contribution in [2.24, 2.45) is 0 Å². The first kappa shape index (κ1) is 34.5. The number of aromatic amines is 2. The number of nitrogens with one attached hydrogen (secondary N) is 2. The van der Waals surface area contributed by atoms with E-state index in [4.69, 9.17) is 14.7 Å². The summed E-state index contributed by atoms with van der Waals surface area (Å²) in [5.41, 5.74) is 9.96. The summed E-state index contributed by atoms with van der Waals surface area (Å²) in [5, 5.41) is 0. The third kappa shape index (κ3) is 10.8. The molecule has 0 amide bonds. The number of H-pyrrole nitrogens is 2. The lowest BCUT2D eigenvalue weighted by molar-refractivity contribution is 0.304. The highest BCUT2D eigenvalue weighted by Crippen LogP contribution is 2.30. The summed E-state index contributed by atoms with van der Waals surface area (Å²) >= 11 is 0. The number of rotatable bonds is 19. The standard InChI is InChI=1S/C44H54N4O/c1-2-3-4-5-6-7-8-9-10-11-12-13-14-15-16-17-28-49-42-26-18-34(19-27-42)43-32-41-31-39-23-22-37(46-39)29-35-20-21-36(45-35)30-38-24-25-40(47-38)33-44(43)48-41/h18-27,29-33,46-47H,2-17,28H2,1H3. The van der Waals surface area contributed by atoms with Crippen LogP contribution in [0.15, 0.2) is 72.8 Å². The Labute approximate surface area is 293 Å². The first-order valence-corrected chi connectivity index (χ1v) is 19.0. The minimum atomic E-state index is 0.775. The Balaban J connectivity index is 0.968. The zero-order chi connectivity index (χ0) is 33.5. The molecular weight excluding hydrogens is 601 g/mol. The predicted octanol–water partition coefficient (Wildman–Crippen LogP) is 12.7. The SMILES string of the molecule is CCCCCCCCCCCCCCCCCCOc1ccc(C2=Cc3cc4ccc(cc5nc(cc6ccc(cc2n3)[nH]6)C=C5)[nH]4)cc1. The topological polar surface area (TPSA) is 66.6 Å². The van der Waals surface area contributed by atoms with E-state index in [1.54, 1.807) is 0 Å². The fourth-order valence-corrected chi connectivity index (χ4v) is 6.82. The molecule has 6 rings (SSSR count). The quantitative estimate of drug-likeness (QED) is 0.0854. The minimum Gasteiger partial charge on any atom is -0.494 e. The van der Waals surface area contributed by atoms with E-state index >= 15 is 0 Å². The number of ether oxygens (including phenoxy) is 1. The van der Waals surface area contributed by atoms with Gasteiger partial charge in [-0.05, 0) is 90.9 Å². The Morgan fingerprint density at radius 3 is 1.49 bits per heavy atom. The number of unbranched alkanes of at least 4 members (excludes halogenated alkanes) is 15. The molecule has 0 atom stereocenters. The molecule has 256 valence electrons. The highest BCUT2D eigenvalue weighted by molar-refractivity contribution is 5.93. The van der Waals surface area contributed by atoms with Crippen LogP contribution in [0.1, 0.15) is 138 Å². The third-order valence-corrected chi connectivity index (χ3v) is 9.60. The van der Waals surface area contributed by atoms with Gasteiger partial charge >= 0.3 is 0 Å². The average molecular weight is 655 g/mol. The van der Waals surface area contributed by atoms with Crippen LogP contribution in [0.4, 0.5) is 0 Å². The molecule has 0 aliphatic carbocycles. The molecular formula is C44H54N4O. The molecule has 5 heterocycles. The second kappa shape index (κ2) is 18.4. The van der Waals surface area contributed by atoms with Crippen LogP contribution in [-0.4, -0.2) is 26.5 Å². The first-order valence-electron chi connectivity index (χ1n) is 19.0. The fourth-order valence-electron chi connectivity index (χ4n) is 6.82. The Kier molecular flexibility index (Phi) is 12.9. The van der Waals surface area contributed by atoms with Crippen LogP contribution in [0.5, 0.6) is 5.75 Å². The minimum absolute atomic E-state index is 0.775. The van der Waals surface area contributed by atoms with Gasteiger partial charge in [-0.2, -0.15) is 0 Å². The highest BCUT2D eigenvalue weighted by Gasteiger charge is 2.13. The lowest BCUT2D eigenvalue weighted by atomic mass is 10.0. The summed E-state index contributed by atoms with van der Waals surface area (Å²) in [7, 11) is 0. The molecule has 0 radical (unpaired) electrons. The van der Waals surface area contributed by atoms with Crippen LogP contribution in [0.25, 0.3) is 45.9 Å². The molecule has 1 aromatic carbocycles. The summed E-state index contributed by atoms with van der Waals surface area (Å²) in [5.74, 6) is 0.927. The summed E-state index contributed by atoms with van der Waals surface area (Å²) in [6.07, 6.45) is 28.3. The summed E-state index contributed by atoms with van der Waals surface area (Å²) in [6.45, 7) is 3.07. The summed E-state index contributed by atoms with van der Waals surface area (Å²) in [4.78, 5) is 16.8. The van der Waals surface area contributed by atoms with E-state index in [0.29, 0.717) is 0 Å². The van der Waals surface area contributed by atoms with Crippen molar-refractivity contribution >= 4 is 45.9 Å². The number of benzene rings is 1. The van der Waals surface area contributed by atoms with Crippen LogP contribution in [0, 0.1) is 0 Å². The molecule has 49 heavy (non-hydrogen) atoms. The van der Waals surface area contributed by atoms with E-state index < -0.39 is 0 Å². The maximum absolute atomic E-state index is 6.13. The van der Waals surface area contributed by atoms with Gasteiger partial charge in [0.15, 0.2) is 0 Å². The fraction of sp³-hybridized carbons (Fsp3) is 0.409. The van der Waals surface area contributed by atoms with Crippen LogP contribution in [0.2, 0.25) is 0 Å².